The fourth-order valence-electron chi connectivity index (χ4n) is 1.27. The zero-order valence-electron chi connectivity index (χ0n) is 8.88. The third-order valence-corrected chi connectivity index (χ3v) is 4.00. The number of benzene rings is 1. The van der Waals surface area contributed by atoms with E-state index in [1.807, 2.05) is 30.0 Å². The van der Waals surface area contributed by atoms with Gasteiger partial charge in [-0.05, 0) is 42.7 Å². The lowest BCUT2D eigenvalue weighted by molar-refractivity contribution is 0.555. The molecule has 0 aliphatic carbocycles. The van der Waals surface area contributed by atoms with Gasteiger partial charge in [-0.2, -0.15) is 0 Å². The van der Waals surface area contributed by atoms with Crippen LogP contribution in [0.5, 0.6) is 0 Å². The molecule has 15 heavy (non-hydrogen) atoms. The van der Waals surface area contributed by atoms with Crippen molar-refractivity contribution < 1.29 is 0 Å². The topological polar surface area (TPSA) is 0 Å². The van der Waals surface area contributed by atoms with Gasteiger partial charge in [0.05, 0.1) is 0 Å². The van der Waals surface area contributed by atoms with Crippen molar-refractivity contribution in [1.29, 1.82) is 0 Å². The van der Waals surface area contributed by atoms with Gasteiger partial charge in [0.15, 0.2) is 0 Å². The van der Waals surface area contributed by atoms with Gasteiger partial charge in [0, 0.05) is 15.2 Å². The summed E-state index contributed by atoms with van der Waals surface area (Å²) in [6.45, 7) is 2.31. The van der Waals surface area contributed by atoms with Gasteiger partial charge >= 0.3 is 0 Å². The van der Waals surface area contributed by atoms with Crippen LogP contribution in [0.3, 0.4) is 0 Å². The third kappa shape index (κ3) is 5.84. The molecule has 0 amide bonds. The molecule has 0 aliphatic heterocycles. The summed E-state index contributed by atoms with van der Waals surface area (Å²) < 4.78 is 0. The average molecular weight is 308 g/mol. The standard InChI is InChI=1S/C12H16BrClS/c1-10(5-7-13)6-8-15-12-4-2-3-11(14)9-12/h2-4,9-10H,5-8H2,1H3. The van der Waals surface area contributed by atoms with Crippen LogP contribution in [0, 0.1) is 5.92 Å². The van der Waals surface area contributed by atoms with Crippen molar-refractivity contribution in [3.05, 3.63) is 29.3 Å². The Bertz CT molecular complexity index is 291. The largest absolute Gasteiger partial charge is 0.126 e. The molecule has 0 heterocycles. The SMILES string of the molecule is CC(CCBr)CCSc1cccc(Cl)c1. The molecule has 0 saturated heterocycles. The molecular formula is C12H16BrClS. The molecule has 0 nitrogen and oxygen atoms in total. The summed E-state index contributed by atoms with van der Waals surface area (Å²) in [5.41, 5.74) is 0. The van der Waals surface area contributed by atoms with Gasteiger partial charge in [-0.15, -0.1) is 11.8 Å². The molecule has 0 fully saturated rings. The molecule has 0 N–H and O–H groups in total. The van der Waals surface area contributed by atoms with Crippen LogP contribution in [0.25, 0.3) is 0 Å². The van der Waals surface area contributed by atoms with E-state index in [4.69, 9.17) is 11.6 Å². The van der Waals surface area contributed by atoms with Gasteiger partial charge in [-0.25, -0.2) is 0 Å². The number of hydrogen-bond acceptors (Lipinski definition) is 1. The molecule has 84 valence electrons. The maximum absolute atomic E-state index is 5.92. The highest BCUT2D eigenvalue weighted by Crippen LogP contribution is 2.24. The second-order valence-electron chi connectivity index (χ2n) is 3.68. The van der Waals surface area contributed by atoms with Crippen molar-refractivity contribution in [3.63, 3.8) is 0 Å². The van der Waals surface area contributed by atoms with E-state index in [0.29, 0.717) is 0 Å². The van der Waals surface area contributed by atoms with E-state index in [2.05, 4.69) is 28.9 Å². The van der Waals surface area contributed by atoms with Crippen LogP contribution in [0.1, 0.15) is 19.8 Å². The molecule has 3 heteroatoms. The minimum Gasteiger partial charge on any atom is -0.126 e. The van der Waals surface area contributed by atoms with Crippen LogP contribution in [0.15, 0.2) is 29.2 Å². The van der Waals surface area contributed by atoms with E-state index in [1.54, 1.807) is 0 Å². The summed E-state index contributed by atoms with van der Waals surface area (Å²) >= 11 is 11.3. The Balaban J connectivity index is 2.25. The predicted molar refractivity (Wildman–Crippen MR) is 74.4 cm³/mol. The van der Waals surface area contributed by atoms with Gasteiger partial charge in [0.1, 0.15) is 0 Å². The summed E-state index contributed by atoms with van der Waals surface area (Å²) in [6, 6.07) is 8.07. The molecule has 1 aromatic carbocycles. The lowest BCUT2D eigenvalue weighted by atomic mass is 10.1. The van der Waals surface area contributed by atoms with Crippen LogP contribution in [0.2, 0.25) is 5.02 Å². The van der Waals surface area contributed by atoms with E-state index in [1.165, 1.54) is 23.5 Å². The second-order valence-corrected chi connectivity index (χ2v) is 6.08. The molecule has 0 radical (unpaired) electrons. The van der Waals surface area contributed by atoms with E-state index >= 15 is 0 Å². The van der Waals surface area contributed by atoms with Crippen LogP contribution in [-0.2, 0) is 0 Å². The van der Waals surface area contributed by atoms with E-state index in [9.17, 15) is 0 Å². The lowest BCUT2D eigenvalue weighted by Crippen LogP contribution is -1.96. The highest BCUT2D eigenvalue weighted by molar-refractivity contribution is 9.09. The summed E-state index contributed by atoms with van der Waals surface area (Å²) in [4.78, 5) is 1.27. The Hall–Kier alpha value is 0.340. The summed E-state index contributed by atoms with van der Waals surface area (Å²) in [5.74, 6) is 1.98. The van der Waals surface area contributed by atoms with Crippen molar-refractivity contribution >= 4 is 39.3 Å². The van der Waals surface area contributed by atoms with Gasteiger partial charge in [0.25, 0.3) is 0 Å². The molecule has 0 aliphatic rings. The molecule has 1 aromatic rings. The van der Waals surface area contributed by atoms with Crippen molar-refractivity contribution in [2.75, 3.05) is 11.1 Å². The summed E-state index contributed by atoms with van der Waals surface area (Å²) in [7, 11) is 0. The first kappa shape index (κ1) is 13.4. The van der Waals surface area contributed by atoms with Crippen LogP contribution >= 0.6 is 39.3 Å². The van der Waals surface area contributed by atoms with Crippen molar-refractivity contribution in [3.8, 4) is 0 Å². The molecule has 0 bridgehead atoms. The normalized spacial score (nSPS) is 12.7. The third-order valence-electron chi connectivity index (χ3n) is 2.28. The Morgan fingerprint density at radius 3 is 2.87 bits per heavy atom. The Morgan fingerprint density at radius 1 is 1.40 bits per heavy atom. The predicted octanol–water partition coefficient (Wildman–Crippen LogP) is 5.24. The minimum absolute atomic E-state index is 0.802. The number of rotatable bonds is 6. The minimum atomic E-state index is 0.802. The molecule has 1 unspecified atom stereocenters. The quantitative estimate of drug-likeness (QED) is 0.511. The average Bonchev–Trinajstić information content (AvgIpc) is 2.18. The monoisotopic (exact) mass is 306 g/mol. The van der Waals surface area contributed by atoms with E-state index < -0.39 is 0 Å². The Kier molecular flexibility index (Phi) is 6.78. The number of alkyl halides is 1. The zero-order chi connectivity index (χ0) is 11.1. The van der Waals surface area contributed by atoms with E-state index in [-0.39, 0.29) is 0 Å². The Labute approximate surface area is 110 Å². The molecule has 0 saturated carbocycles. The van der Waals surface area contributed by atoms with Gasteiger partial charge in [0.2, 0.25) is 0 Å². The first-order chi connectivity index (χ1) is 7.22. The highest BCUT2D eigenvalue weighted by atomic mass is 79.9. The molecular weight excluding hydrogens is 292 g/mol. The van der Waals surface area contributed by atoms with Gasteiger partial charge in [-0.3, -0.25) is 0 Å². The number of thioether (sulfide) groups is 1. The molecule has 1 atom stereocenters. The summed E-state index contributed by atoms with van der Waals surface area (Å²) in [6.07, 6.45) is 2.53. The van der Waals surface area contributed by atoms with Gasteiger partial charge < -0.3 is 0 Å². The maximum atomic E-state index is 5.92. The molecule has 0 spiro atoms. The van der Waals surface area contributed by atoms with E-state index in [0.717, 1.165) is 16.3 Å². The molecule has 1 rings (SSSR count). The maximum Gasteiger partial charge on any atom is 0.0417 e. The first-order valence-electron chi connectivity index (χ1n) is 5.16. The van der Waals surface area contributed by atoms with Crippen molar-refractivity contribution in [1.82, 2.24) is 0 Å². The van der Waals surface area contributed by atoms with Crippen molar-refractivity contribution in [2.45, 2.75) is 24.7 Å². The number of halogens is 2. The van der Waals surface area contributed by atoms with Gasteiger partial charge in [-0.1, -0.05) is 40.5 Å². The zero-order valence-corrected chi connectivity index (χ0v) is 12.0. The van der Waals surface area contributed by atoms with Crippen LogP contribution in [-0.4, -0.2) is 11.1 Å². The lowest BCUT2D eigenvalue weighted by Gasteiger charge is -2.08. The second kappa shape index (κ2) is 7.59. The molecule has 0 aromatic heterocycles. The summed E-state index contributed by atoms with van der Waals surface area (Å²) in [5, 5.41) is 1.93. The smallest absolute Gasteiger partial charge is 0.0417 e. The van der Waals surface area contributed by atoms with Crippen LogP contribution in [0.4, 0.5) is 0 Å². The first-order valence-corrected chi connectivity index (χ1v) is 7.65. The Morgan fingerprint density at radius 2 is 2.20 bits per heavy atom. The fourth-order valence-corrected chi connectivity index (χ4v) is 3.44. The fraction of sp³-hybridized carbons (Fsp3) is 0.500. The van der Waals surface area contributed by atoms with Crippen molar-refractivity contribution in [2.24, 2.45) is 5.92 Å². The highest BCUT2D eigenvalue weighted by Gasteiger charge is 2.01. The van der Waals surface area contributed by atoms with Crippen LogP contribution < -0.4 is 0 Å². The number of hydrogen-bond donors (Lipinski definition) is 0.